The van der Waals surface area contributed by atoms with Crippen molar-refractivity contribution in [3.63, 3.8) is 0 Å². The van der Waals surface area contributed by atoms with E-state index < -0.39 is 21.9 Å². The van der Waals surface area contributed by atoms with Gasteiger partial charge in [-0.15, -0.1) is 0 Å². The molecular formula is C12H16F3N3O2S. The third-order valence-electron chi connectivity index (χ3n) is 3.61. The number of nitrogens with zero attached hydrogens (tertiary/aromatic N) is 2. The molecule has 1 saturated heterocycles. The van der Waals surface area contributed by atoms with Crippen molar-refractivity contribution in [2.24, 2.45) is 0 Å². The number of hydrogen-bond donors (Lipinski definition) is 1. The molecule has 0 amide bonds. The first-order valence-corrected chi connectivity index (χ1v) is 7.86. The number of nitrogens with one attached hydrogen (secondary N) is 1. The second-order valence-electron chi connectivity index (χ2n) is 4.98. The quantitative estimate of drug-likeness (QED) is 0.895. The van der Waals surface area contributed by atoms with E-state index in [-0.39, 0.29) is 23.5 Å². The summed E-state index contributed by atoms with van der Waals surface area (Å²) in [6.07, 6.45) is -3.82. The number of piperazine rings is 1. The van der Waals surface area contributed by atoms with Crippen LogP contribution in [0, 0.1) is 0 Å². The molecule has 1 aliphatic rings. The van der Waals surface area contributed by atoms with Crippen LogP contribution in [-0.2, 0) is 16.2 Å². The molecule has 21 heavy (non-hydrogen) atoms. The van der Waals surface area contributed by atoms with Crippen molar-refractivity contribution in [3.05, 3.63) is 24.0 Å². The highest BCUT2D eigenvalue weighted by Crippen LogP contribution is 2.28. The Morgan fingerprint density at radius 1 is 1.33 bits per heavy atom. The second kappa shape index (κ2) is 5.54. The van der Waals surface area contributed by atoms with Crippen LogP contribution in [0.25, 0.3) is 0 Å². The molecule has 0 spiro atoms. The van der Waals surface area contributed by atoms with Crippen LogP contribution in [0.2, 0.25) is 0 Å². The number of alkyl halides is 3. The third-order valence-corrected chi connectivity index (χ3v) is 5.58. The van der Waals surface area contributed by atoms with Gasteiger partial charge in [0.05, 0.1) is 0 Å². The van der Waals surface area contributed by atoms with Crippen molar-refractivity contribution in [3.8, 4) is 0 Å². The summed E-state index contributed by atoms with van der Waals surface area (Å²) in [4.78, 5) is 2.98. The summed E-state index contributed by atoms with van der Waals surface area (Å²) < 4.78 is 63.6. The molecule has 1 fully saturated rings. The predicted octanol–water partition coefficient (Wildman–Crippen LogP) is 1.47. The van der Waals surface area contributed by atoms with Gasteiger partial charge in [-0.2, -0.15) is 17.5 Å². The number of rotatable bonds is 2. The van der Waals surface area contributed by atoms with Gasteiger partial charge >= 0.3 is 6.18 Å². The SMILES string of the molecule is CC1NCCN(S(=O)(=O)c2ccc(C(F)(F)F)nc2)C1C. The Bertz CT molecular complexity index is 601. The molecule has 2 atom stereocenters. The Hall–Kier alpha value is -1.19. The van der Waals surface area contributed by atoms with E-state index in [1.807, 2.05) is 6.92 Å². The fourth-order valence-electron chi connectivity index (χ4n) is 2.20. The maximum atomic E-state index is 12.5. The van der Waals surface area contributed by atoms with Gasteiger partial charge in [0, 0.05) is 31.4 Å². The van der Waals surface area contributed by atoms with Crippen LogP contribution in [0.4, 0.5) is 13.2 Å². The van der Waals surface area contributed by atoms with Gasteiger partial charge in [-0.1, -0.05) is 0 Å². The fourth-order valence-corrected chi connectivity index (χ4v) is 3.85. The minimum absolute atomic E-state index is 0.0315. The smallest absolute Gasteiger partial charge is 0.311 e. The standard InChI is InChI=1S/C12H16F3N3O2S/c1-8-9(2)18(6-5-16-8)21(19,20)10-3-4-11(17-7-10)12(13,14)15/h3-4,7-9,16H,5-6H2,1-2H3. The lowest BCUT2D eigenvalue weighted by Crippen LogP contribution is -2.57. The molecule has 2 unspecified atom stereocenters. The van der Waals surface area contributed by atoms with Crippen molar-refractivity contribution < 1.29 is 21.6 Å². The minimum atomic E-state index is -4.58. The first-order chi connectivity index (χ1) is 9.64. The highest BCUT2D eigenvalue weighted by Gasteiger charge is 2.36. The van der Waals surface area contributed by atoms with Crippen LogP contribution in [0.3, 0.4) is 0 Å². The highest BCUT2D eigenvalue weighted by atomic mass is 32.2. The van der Waals surface area contributed by atoms with Gasteiger partial charge in [-0.3, -0.25) is 4.98 Å². The number of halogens is 3. The lowest BCUT2D eigenvalue weighted by Gasteiger charge is -2.37. The molecule has 0 radical (unpaired) electrons. The molecule has 0 aromatic carbocycles. The Balaban J connectivity index is 2.31. The van der Waals surface area contributed by atoms with E-state index >= 15 is 0 Å². The molecule has 5 nitrogen and oxygen atoms in total. The van der Waals surface area contributed by atoms with Crippen LogP contribution in [0.15, 0.2) is 23.2 Å². The topological polar surface area (TPSA) is 62.3 Å². The van der Waals surface area contributed by atoms with Gasteiger partial charge in [0.2, 0.25) is 10.0 Å². The molecule has 1 aromatic heterocycles. The lowest BCUT2D eigenvalue weighted by atomic mass is 10.1. The van der Waals surface area contributed by atoms with Gasteiger partial charge in [-0.05, 0) is 26.0 Å². The minimum Gasteiger partial charge on any atom is -0.311 e. The van der Waals surface area contributed by atoms with Gasteiger partial charge in [0.15, 0.2) is 0 Å². The van der Waals surface area contributed by atoms with Crippen molar-refractivity contribution >= 4 is 10.0 Å². The first-order valence-electron chi connectivity index (χ1n) is 6.42. The molecular weight excluding hydrogens is 307 g/mol. The molecule has 9 heteroatoms. The molecule has 0 aliphatic carbocycles. The molecule has 1 aromatic rings. The van der Waals surface area contributed by atoms with E-state index in [2.05, 4.69) is 10.3 Å². The summed E-state index contributed by atoms with van der Waals surface area (Å²) in [5.41, 5.74) is -1.11. The summed E-state index contributed by atoms with van der Waals surface area (Å²) in [5.74, 6) is 0. The fraction of sp³-hybridized carbons (Fsp3) is 0.583. The lowest BCUT2D eigenvalue weighted by molar-refractivity contribution is -0.141. The number of sulfonamides is 1. The molecule has 1 aliphatic heterocycles. The van der Waals surface area contributed by atoms with E-state index in [9.17, 15) is 21.6 Å². The van der Waals surface area contributed by atoms with Crippen LogP contribution in [0.5, 0.6) is 0 Å². The Morgan fingerprint density at radius 2 is 2.00 bits per heavy atom. The molecule has 2 heterocycles. The highest BCUT2D eigenvalue weighted by molar-refractivity contribution is 7.89. The van der Waals surface area contributed by atoms with Gasteiger partial charge in [-0.25, -0.2) is 8.42 Å². The number of aromatic nitrogens is 1. The molecule has 0 bridgehead atoms. The van der Waals surface area contributed by atoms with E-state index in [0.717, 1.165) is 12.3 Å². The van der Waals surface area contributed by atoms with Crippen LogP contribution in [0.1, 0.15) is 19.5 Å². The summed E-state index contributed by atoms with van der Waals surface area (Å²) in [6.45, 7) is 4.39. The van der Waals surface area contributed by atoms with Crippen molar-refractivity contribution in [1.82, 2.24) is 14.6 Å². The average Bonchev–Trinajstić information content (AvgIpc) is 2.41. The third kappa shape index (κ3) is 3.19. The van der Waals surface area contributed by atoms with Crippen LogP contribution in [-0.4, -0.2) is 42.9 Å². The van der Waals surface area contributed by atoms with Gasteiger partial charge in [0.1, 0.15) is 10.6 Å². The summed E-state index contributed by atoms with van der Waals surface area (Å²) in [7, 11) is -3.84. The van der Waals surface area contributed by atoms with Crippen molar-refractivity contribution in [1.29, 1.82) is 0 Å². The summed E-state index contributed by atoms with van der Waals surface area (Å²) in [6, 6.07) is 1.32. The maximum absolute atomic E-state index is 12.5. The van der Waals surface area contributed by atoms with Gasteiger partial charge in [0.25, 0.3) is 0 Å². The van der Waals surface area contributed by atoms with E-state index in [1.165, 1.54) is 4.31 Å². The van der Waals surface area contributed by atoms with E-state index in [0.29, 0.717) is 12.6 Å². The molecule has 118 valence electrons. The monoisotopic (exact) mass is 323 g/mol. The average molecular weight is 323 g/mol. The zero-order chi connectivity index (χ0) is 15.8. The normalized spacial score (nSPS) is 25.0. The first kappa shape index (κ1) is 16.2. The summed E-state index contributed by atoms with van der Waals surface area (Å²) >= 11 is 0. The van der Waals surface area contributed by atoms with Crippen LogP contribution < -0.4 is 5.32 Å². The van der Waals surface area contributed by atoms with E-state index in [4.69, 9.17) is 0 Å². The van der Waals surface area contributed by atoms with Crippen molar-refractivity contribution in [2.45, 2.75) is 37.0 Å². The Morgan fingerprint density at radius 3 is 2.52 bits per heavy atom. The zero-order valence-corrected chi connectivity index (χ0v) is 12.4. The predicted molar refractivity (Wildman–Crippen MR) is 70.1 cm³/mol. The molecule has 1 N–H and O–H groups in total. The Kier molecular flexibility index (Phi) is 4.27. The van der Waals surface area contributed by atoms with Crippen molar-refractivity contribution in [2.75, 3.05) is 13.1 Å². The Labute approximate surface area is 121 Å². The zero-order valence-electron chi connectivity index (χ0n) is 11.6. The van der Waals surface area contributed by atoms with E-state index in [1.54, 1.807) is 6.92 Å². The second-order valence-corrected chi connectivity index (χ2v) is 6.87. The van der Waals surface area contributed by atoms with Crippen LogP contribution >= 0.6 is 0 Å². The number of pyridine rings is 1. The van der Waals surface area contributed by atoms with Gasteiger partial charge < -0.3 is 5.32 Å². The molecule has 0 saturated carbocycles. The summed E-state index contributed by atoms with van der Waals surface area (Å²) in [5, 5.41) is 3.14. The molecule has 2 rings (SSSR count). The largest absolute Gasteiger partial charge is 0.433 e. The number of hydrogen-bond acceptors (Lipinski definition) is 4. The maximum Gasteiger partial charge on any atom is 0.433 e.